The summed E-state index contributed by atoms with van der Waals surface area (Å²) in [5.74, 6) is 0.271. The molecule has 0 radical (unpaired) electrons. The Kier molecular flexibility index (Phi) is 5.86. The standard InChI is InChI=1S/C16H19N3O4S/c1-3-8-19-14(17)13(15(21)18-16(19)22)12(20)9-24-11-6-4-10(23-2)5-7-11/h4-7H,3,8-9,17H2,1-2H3,(H,18,21,22). The Bertz CT molecular complexity index is 840. The SMILES string of the molecule is CCCn1c(N)c(C(=O)CSc2ccc(OC)cc2)c(=O)[nH]c1=O. The number of H-pyrrole nitrogens is 1. The first kappa shape index (κ1) is 17.9. The number of ketones is 1. The van der Waals surface area contributed by atoms with Crippen LogP contribution in [0.4, 0.5) is 5.82 Å². The summed E-state index contributed by atoms with van der Waals surface area (Å²) in [5, 5.41) is 0. The molecule has 0 aliphatic carbocycles. The molecule has 0 atom stereocenters. The number of nitrogen functional groups attached to an aromatic ring is 1. The lowest BCUT2D eigenvalue weighted by molar-refractivity contribution is 0.102. The second-order valence-electron chi connectivity index (χ2n) is 5.06. The molecule has 1 heterocycles. The van der Waals surface area contributed by atoms with Gasteiger partial charge in [-0.15, -0.1) is 11.8 Å². The van der Waals surface area contributed by atoms with Gasteiger partial charge in [0.15, 0.2) is 5.78 Å². The van der Waals surface area contributed by atoms with Crippen molar-refractivity contribution in [2.45, 2.75) is 24.8 Å². The topological polar surface area (TPSA) is 107 Å². The van der Waals surface area contributed by atoms with Crippen LogP contribution in [0.25, 0.3) is 0 Å². The largest absolute Gasteiger partial charge is 0.497 e. The van der Waals surface area contributed by atoms with Crippen molar-refractivity contribution in [2.75, 3.05) is 18.6 Å². The normalized spacial score (nSPS) is 10.6. The Morgan fingerprint density at radius 3 is 2.54 bits per heavy atom. The van der Waals surface area contributed by atoms with Gasteiger partial charge in [-0.25, -0.2) is 4.79 Å². The molecule has 0 aliphatic rings. The summed E-state index contributed by atoms with van der Waals surface area (Å²) in [6, 6.07) is 7.22. The Labute approximate surface area is 142 Å². The number of hydrogen-bond donors (Lipinski definition) is 2. The first-order chi connectivity index (χ1) is 11.5. The van der Waals surface area contributed by atoms with Crippen LogP contribution in [-0.4, -0.2) is 28.2 Å². The maximum Gasteiger partial charge on any atom is 0.329 e. The highest BCUT2D eigenvalue weighted by molar-refractivity contribution is 8.00. The van der Waals surface area contributed by atoms with Crippen molar-refractivity contribution in [1.29, 1.82) is 0 Å². The Morgan fingerprint density at radius 2 is 1.96 bits per heavy atom. The summed E-state index contributed by atoms with van der Waals surface area (Å²) >= 11 is 1.28. The third-order valence-corrected chi connectivity index (χ3v) is 4.41. The average Bonchev–Trinajstić information content (AvgIpc) is 2.57. The van der Waals surface area contributed by atoms with Crippen molar-refractivity contribution in [3.8, 4) is 5.75 Å². The zero-order chi connectivity index (χ0) is 17.7. The molecule has 2 aromatic rings. The third kappa shape index (κ3) is 3.88. The zero-order valence-corrected chi connectivity index (χ0v) is 14.3. The summed E-state index contributed by atoms with van der Waals surface area (Å²) in [6.07, 6.45) is 0.657. The molecule has 0 aliphatic heterocycles. The van der Waals surface area contributed by atoms with Crippen LogP contribution in [0.2, 0.25) is 0 Å². The maximum atomic E-state index is 12.4. The summed E-state index contributed by atoms with van der Waals surface area (Å²) < 4.78 is 6.29. The van der Waals surface area contributed by atoms with Gasteiger partial charge in [0.25, 0.3) is 5.56 Å². The van der Waals surface area contributed by atoms with Gasteiger partial charge < -0.3 is 10.5 Å². The Morgan fingerprint density at radius 1 is 1.29 bits per heavy atom. The van der Waals surface area contributed by atoms with Crippen LogP contribution in [-0.2, 0) is 6.54 Å². The molecule has 128 valence electrons. The van der Waals surface area contributed by atoms with Crippen LogP contribution in [0.5, 0.6) is 5.75 Å². The lowest BCUT2D eigenvalue weighted by Gasteiger charge is -2.11. The van der Waals surface area contributed by atoms with Gasteiger partial charge >= 0.3 is 5.69 Å². The molecule has 2 rings (SSSR count). The van der Waals surface area contributed by atoms with Crippen molar-refractivity contribution in [2.24, 2.45) is 0 Å². The van der Waals surface area contributed by atoms with Gasteiger partial charge in [-0.3, -0.25) is 19.1 Å². The molecular formula is C16H19N3O4S. The highest BCUT2D eigenvalue weighted by atomic mass is 32.2. The molecular weight excluding hydrogens is 330 g/mol. The minimum Gasteiger partial charge on any atom is -0.497 e. The number of rotatable bonds is 7. The molecule has 1 aromatic heterocycles. The molecule has 7 nitrogen and oxygen atoms in total. The highest BCUT2D eigenvalue weighted by Gasteiger charge is 2.19. The number of carbonyl (C=O) groups is 1. The molecule has 0 amide bonds. The van der Waals surface area contributed by atoms with Gasteiger partial charge in [0.05, 0.1) is 12.9 Å². The van der Waals surface area contributed by atoms with Crippen molar-refractivity contribution >= 4 is 23.4 Å². The van der Waals surface area contributed by atoms with Gasteiger partial charge in [-0.2, -0.15) is 0 Å². The molecule has 24 heavy (non-hydrogen) atoms. The fraction of sp³-hybridized carbons (Fsp3) is 0.312. The molecule has 1 aromatic carbocycles. The summed E-state index contributed by atoms with van der Waals surface area (Å²) in [7, 11) is 1.58. The van der Waals surface area contributed by atoms with E-state index in [-0.39, 0.29) is 17.1 Å². The molecule has 0 saturated carbocycles. The number of aromatic amines is 1. The van der Waals surface area contributed by atoms with Gasteiger partial charge in [0, 0.05) is 11.4 Å². The van der Waals surface area contributed by atoms with Crippen molar-refractivity contribution in [3.05, 3.63) is 50.7 Å². The number of ether oxygens (including phenoxy) is 1. The molecule has 8 heteroatoms. The number of nitrogens with one attached hydrogen (secondary N) is 1. The van der Waals surface area contributed by atoms with Crippen LogP contribution in [0.15, 0.2) is 38.8 Å². The van der Waals surface area contributed by atoms with Gasteiger partial charge in [0.1, 0.15) is 17.1 Å². The zero-order valence-electron chi connectivity index (χ0n) is 13.5. The van der Waals surface area contributed by atoms with Crippen molar-refractivity contribution in [1.82, 2.24) is 9.55 Å². The molecule has 0 bridgehead atoms. The number of nitrogens with two attached hydrogens (primary N) is 1. The average molecular weight is 349 g/mol. The van der Waals surface area contributed by atoms with Crippen molar-refractivity contribution in [3.63, 3.8) is 0 Å². The molecule has 0 unspecified atom stereocenters. The van der Waals surface area contributed by atoms with E-state index < -0.39 is 17.0 Å². The van der Waals surface area contributed by atoms with E-state index in [1.165, 1.54) is 16.3 Å². The summed E-state index contributed by atoms with van der Waals surface area (Å²) in [6.45, 7) is 2.21. The maximum absolute atomic E-state index is 12.4. The predicted molar refractivity (Wildman–Crippen MR) is 94.1 cm³/mol. The number of methoxy groups -OCH3 is 1. The monoisotopic (exact) mass is 349 g/mol. The van der Waals surface area contributed by atoms with E-state index in [2.05, 4.69) is 4.98 Å². The van der Waals surface area contributed by atoms with E-state index >= 15 is 0 Å². The Balaban J connectivity index is 2.21. The predicted octanol–water partition coefficient (Wildman–Crippen LogP) is 1.51. The van der Waals surface area contributed by atoms with Crippen LogP contribution < -0.4 is 21.7 Å². The Hall–Kier alpha value is -2.48. The first-order valence-corrected chi connectivity index (χ1v) is 8.39. The van der Waals surface area contributed by atoms with Gasteiger partial charge in [0.2, 0.25) is 0 Å². The number of benzene rings is 1. The van der Waals surface area contributed by atoms with E-state index in [9.17, 15) is 14.4 Å². The van der Waals surface area contributed by atoms with E-state index in [1.54, 1.807) is 19.2 Å². The van der Waals surface area contributed by atoms with Crippen LogP contribution in [0, 0.1) is 0 Å². The van der Waals surface area contributed by atoms with Gasteiger partial charge in [-0.05, 0) is 30.7 Å². The number of thioether (sulfide) groups is 1. The van der Waals surface area contributed by atoms with E-state index in [1.807, 2.05) is 19.1 Å². The van der Waals surface area contributed by atoms with Crippen LogP contribution >= 0.6 is 11.8 Å². The second kappa shape index (κ2) is 7.87. The van der Waals surface area contributed by atoms with Crippen LogP contribution in [0.3, 0.4) is 0 Å². The quantitative estimate of drug-likeness (QED) is 0.579. The lowest BCUT2D eigenvalue weighted by atomic mass is 10.2. The minimum atomic E-state index is -0.745. The number of aromatic nitrogens is 2. The number of Topliss-reactive ketones (excluding diaryl/α,β-unsaturated/α-hetero) is 1. The van der Waals surface area contributed by atoms with E-state index in [0.29, 0.717) is 13.0 Å². The second-order valence-corrected chi connectivity index (χ2v) is 6.11. The highest BCUT2D eigenvalue weighted by Crippen LogP contribution is 2.22. The molecule has 0 fully saturated rings. The first-order valence-electron chi connectivity index (χ1n) is 7.40. The van der Waals surface area contributed by atoms with Crippen molar-refractivity contribution < 1.29 is 9.53 Å². The van der Waals surface area contributed by atoms with E-state index in [4.69, 9.17) is 10.5 Å². The molecule has 0 saturated heterocycles. The smallest absolute Gasteiger partial charge is 0.329 e. The number of hydrogen-bond acceptors (Lipinski definition) is 6. The molecule has 0 spiro atoms. The minimum absolute atomic E-state index is 0.0456. The fourth-order valence-corrected chi connectivity index (χ4v) is 2.97. The number of nitrogens with zero attached hydrogens (tertiary/aromatic N) is 1. The number of carbonyl (C=O) groups excluding carboxylic acids is 1. The van der Waals surface area contributed by atoms with Gasteiger partial charge in [-0.1, -0.05) is 6.92 Å². The number of anilines is 1. The van der Waals surface area contributed by atoms with Crippen LogP contribution in [0.1, 0.15) is 23.7 Å². The lowest BCUT2D eigenvalue weighted by Crippen LogP contribution is -2.36. The van der Waals surface area contributed by atoms with E-state index in [0.717, 1.165) is 10.6 Å². The molecule has 3 N–H and O–H groups in total. The third-order valence-electron chi connectivity index (χ3n) is 3.40. The fourth-order valence-electron chi connectivity index (χ4n) is 2.20. The summed E-state index contributed by atoms with van der Waals surface area (Å²) in [4.78, 5) is 39.1. The summed E-state index contributed by atoms with van der Waals surface area (Å²) in [5.41, 5.74) is 4.37.